The number of hydrogen-bond acceptors (Lipinski definition) is 3. The zero-order chi connectivity index (χ0) is 17.4. The van der Waals surface area contributed by atoms with Gasteiger partial charge < -0.3 is 5.11 Å². The molecule has 1 aliphatic carbocycles. The standard InChI is InChI=1S/C19H22O4/c1-5-15(20)14-10-19(14,4)11-18(2,3)16(21)12-8-6-7-9-13(12)17(22)23/h5-9,14H,1,10-11H2,2-4H3,(H,22,23). The lowest BCUT2D eigenvalue weighted by Gasteiger charge is -2.27. The molecule has 2 atom stereocenters. The Labute approximate surface area is 136 Å². The number of carbonyl (C=O) groups is 3. The molecule has 2 unspecified atom stereocenters. The summed E-state index contributed by atoms with van der Waals surface area (Å²) in [6, 6.07) is 6.26. The summed E-state index contributed by atoms with van der Waals surface area (Å²) in [5.74, 6) is -1.38. The average molecular weight is 314 g/mol. The van der Waals surface area contributed by atoms with Crippen molar-refractivity contribution in [2.24, 2.45) is 16.7 Å². The maximum absolute atomic E-state index is 12.9. The van der Waals surface area contributed by atoms with Crippen LogP contribution < -0.4 is 0 Å². The van der Waals surface area contributed by atoms with Crippen LogP contribution in [0, 0.1) is 16.7 Å². The van der Waals surface area contributed by atoms with Gasteiger partial charge in [-0.1, -0.05) is 45.5 Å². The van der Waals surface area contributed by atoms with E-state index < -0.39 is 11.4 Å². The first-order valence-electron chi connectivity index (χ1n) is 7.66. The predicted molar refractivity (Wildman–Crippen MR) is 87.5 cm³/mol. The first-order chi connectivity index (χ1) is 10.6. The summed E-state index contributed by atoms with van der Waals surface area (Å²) >= 11 is 0. The van der Waals surface area contributed by atoms with Gasteiger partial charge in [-0.2, -0.15) is 0 Å². The van der Waals surface area contributed by atoms with E-state index in [9.17, 15) is 19.5 Å². The molecule has 1 aliphatic rings. The molecule has 0 saturated heterocycles. The summed E-state index contributed by atoms with van der Waals surface area (Å²) < 4.78 is 0. The minimum absolute atomic E-state index is 0.0154. The zero-order valence-electron chi connectivity index (χ0n) is 13.8. The molecule has 0 aromatic heterocycles. The summed E-state index contributed by atoms with van der Waals surface area (Å²) in [6.07, 6.45) is 2.62. The van der Waals surface area contributed by atoms with Crippen LogP contribution in [-0.4, -0.2) is 22.6 Å². The molecule has 0 spiro atoms. The van der Waals surface area contributed by atoms with Crippen LogP contribution in [0.1, 0.15) is 54.3 Å². The second kappa shape index (κ2) is 5.76. The van der Waals surface area contributed by atoms with Gasteiger partial charge in [0, 0.05) is 16.9 Å². The van der Waals surface area contributed by atoms with E-state index in [1.165, 1.54) is 12.1 Å². The molecule has 4 heteroatoms. The summed E-state index contributed by atoms with van der Waals surface area (Å²) in [5, 5.41) is 9.26. The van der Waals surface area contributed by atoms with Crippen LogP contribution in [0.15, 0.2) is 36.9 Å². The smallest absolute Gasteiger partial charge is 0.336 e. The molecule has 0 amide bonds. The molecular formula is C19H22O4. The first kappa shape index (κ1) is 17.1. The Morgan fingerprint density at radius 2 is 1.87 bits per heavy atom. The minimum Gasteiger partial charge on any atom is -0.478 e. The Morgan fingerprint density at radius 1 is 1.30 bits per heavy atom. The highest BCUT2D eigenvalue weighted by Crippen LogP contribution is 2.59. The Kier molecular flexibility index (Phi) is 4.29. The molecule has 0 aliphatic heterocycles. The molecule has 0 heterocycles. The second-order valence-electron chi connectivity index (χ2n) is 7.26. The number of benzene rings is 1. The van der Waals surface area contributed by atoms with E-state index in [2.05, 4.69) is 6.58 Å². The number of allylic oxidation sites excluding steroid dienone is 1. The summed E-state index contributed by atoms with van der Waals surface area (Å²) in [7, 11) is 0. The van der Waals surface area contributed by atoms with E-state index in [1.54, 1.807) is 18.2 Å². The maximum atomic E-state index is 12.9. The number of carboxylic acids is 1. The third-order valence-corrected chi connectivity index (χ3v) is 4.76. The van der Waals surface area contributed by atoms with Crippen LogP contribution in [0.5, 0.6) is 0 Å². The molecule has 1 N–H and O–H groups in total. The molecule has 1 aromatic rings. The van der Waals surface area contributed by atoms with Gasteiger partial charge in [0.25, 0.3) is 0 Å². The lowest BCUT2D eigenvalue weighted by Crippen LogP contribution is -2.29. The van der Waals surface area contributed by atoms with Crippen LogP contribution in [0.25, 0.3) is 0 Å². The highest BCUT2D eigenvalue weighted by atomic mass is 16.4. The number of ketones is 2. The van der Waals surface area contributed by atoms with E-state index in [1.807, 2.05) is 20.8 Å². The molecule has 2 rings (SSSR count). The fourth-order valence-corrected chi connectivity index (χ4v) is 3.51. The number of hydrogen-bond donors (Lipinski definition) is 1. The summed E-state index contributed by atoms with van der Waals surface area (Å²) in [4.78, 5) is 36.0. The van der Waals surface area contributed by atoms with Crippen LogP contribution in [0.4, 0.5) is 0 Å². The molecule has 4 nitrogen and oxygen atoms in total. The number of carboxylic acid groups (broad SMARTS) is 1. The molecular weight excluding hydrogens is 292 g/mol. The molecule has 0 radical (unpaired) electrons. The fraction of sp³-hybridized carbons (Fsp3) is 0.421. The molecule has 1 saturated carbocycles. The van der Waals surface area contributed by atoms with Gasteiger partial charge in [-0.3, -0.25) is 9.59 Å². The van der Waals surface area contributed by atoms with Crippen molar-refractivity contribution < 1.29 is 19.5 Å². The van der Waals surface area contributed by atoms with Gasteiger partial charge in [0.05, 0.1) is 5.56 Å². The third-order valence-electron chi connectivity index (χ3n) is 4.76. The maximum Gasteiger partial charge on any atom is 0.336 e. The van der Waals surface area contributed by atoms with Crippen molar-refractivity contribution in [2.45, 2.75) is 33.6 Å². The van der Waals surface area contributed by atoms with Gasteiger partial charge >= 0.3 is 5.97 Å². The quantitative estimate of drug-likeness (QED) is 0.614. The summed E-state index contributed by atoms with van der Waals surface area (Å²) in [5.41, 5.74) is -0.717. The van der Waals surface area contributed by atoms with Gasteiger partial charge in [0.2, 0.25) is 0 Å². The van der Waals surface area contributed by atoms with Gasteiger partial charge in [0.1, 0.15) is 0 Å². The van der Waals surface area contributed by atoms with E-state index >= 15 is 0 Å². The van der Waals surface area contributed by atoms with Crippen LogP contribution in [0.3, 0.4) is 0 Å². The normalized spacial score (nSPS) is 23.2. The summed E-state index contributed by atoms with van der Waals surface area (Å²) in [6.45, 7) is 9.14. The fourth-order valence-electron chi connectivity index (χ4n) is 3.51. The van der Waals surface area contributed by atoms with E-state index in [-0.39, 0.29) is 34.0 Å². The predicted octanol–water partition coefficient (Wildman–Crippen LogP) is 3.77. The molecule has 1 aromatic carbocycles. The Balaban J connectivity index is 2.24. The van der Waals surface area contributed by atoms with Crippen molar-refractivity contribution in [3.8, 4) is 0 Å². The number of aromatic carboxylic acids is 1. The lowest BCUT2D eigenvalue weighted by molar-refractivity contribution is -0.116. The van der Waals surface area contributed by atoms with Crippen molar-refractivity contribution in [1.29, 1.82) is 0 Å². The van der Waals surface area contributed by atoms with E-state index in [0.717, 1.165) is 6.42 Å². The van der Waals surface area contributed by atoms with Gasteiger partial charge in [-0.25, -0.2) is 4.79 Å². The number of Topliss-reactive ketones (excluding diaryl/α,β-unsaturated/α-hetero) is 1. The first-order valence-corrected chi connectivity index (χ1v) is 7.66. The van der Waals surface area contributed by atoms with Crippen LogP contribution in [0.2, 0.25) is 0 Å². The van der Waals surface area contributed by atoms with Crippen molar-refractivity contribution >= 4 is 17.5 Å². The highest BCUT2D eigenvalue weighted by Gasteiger charge is 2.56. The molecule has 0 bridgehead atoms. The monoisotopic (exact) mass is 314 g/mol. The van der Waals surface area contributed by atoms with Crippen molar-refractivity contribution in [3.05, 3.63) is 48.0 Å². The van der Waals surface area contributed by atoms with Crippen LogP contribution >= 0.6 is 0 Å². The average Bonchev–Trinajstić information content (AvgIpc) is 3.15. The van der Waals surface area contributed by atoms with E-state index in [4.69, 9.17) is 0 Å². The number of rotatable bonds is 7. The lowest BCUT2D eigenvalue weighted by atomic mass is 9.74. The van der Waals surface area contributed by atoms with Crippen molar-refractivity contribution in [1.82, 2.24) is 0 Å². The van der Waals surface area contributed by atoms with Crippen LogP contribution in [-0.2, 0) is 4.79 Å². The SMILES string of the molecule is C=CC(=O)C1CC1(C)CC(C)(C)C(=O)c1ccccc1C(=O)O. The minimum atomic E-state index is -1.11. The highest BCUT2D eigenvalue weighted by molar-refractivity contribution is 6.08. The molecule has 1 fully saturated rings. The van der Waals surface area contributed by atoms with Crippen molar-refractivity contribution in [3.63, 3.8) is 0 Å². The Morgan fingerprint density at radius 3 is 2.39 bits per heavy atom. The van der Waals surface area contributed by atoms with Gasteiger partial charge in [-0.15, -0.1) is 0 Å². The second-order valence-corrected chi connectivity index (χ2v) is 7.26. The van der Waals surface area contributed by atoms with Gasteiger partial charge in [0.15, 0.2) is 11.6 Å². The molecule has 122 valence electrons. The topological polar surface area (TPSA) is 71.4 Å². The zero-order valence-corrected chi connectivity index (χ0v) is 13.8. The molecule has 23 heavy (non-hydrogen) atoms. The Hall–Kier alpha value is -2.23. The largest absolute Gasteiger partial charge is 0.478 e. The number of carbonyl (C=O) groups excluding carboxylic acids is 2. The van der Waals surface area contributed by atoms with Crippen molar-refractivity contribution in [2.75, 3.05) is 0 Å². The Bertz CT molecular complexity index is 686. The third kappa shape index (κ3) is 3.26. The van der Waals surface area contributed by atoms with Gasteiger partial charge in [-0.05, 0) is 30.4 Å². The van der Waals surface area contributed by atoms with E-state index in [0.29, 0.717) is 6.42 Å².